The van der Waals surface area contributed by atoms with Crippen LogP contribution in [0.3, 0.4) is 0 Å². The first kappa shape index (κ1) is 18.5. The van der Waals surface area contributed by atoms with Gasteiger partial charge in [-0.2, -0.15) is 0 Å². The molecule has 2 rings (SSSR count). The molecule has 0 bridgehead atoms. The SMILES string of the molecule is CC(C)(C)OC(=O)CO[C@H]1CC[C@H](c2ccc(C(=O)O)cc2)CC1. The standard InChI is InChI=1S/C19H26O5/c1-19(2,3)24-17(20)12-23-16-10-8-14(9-11-16)13-4-6-15(7-5-13)18(21)22/h4-7,14,16H,8-12H2,1-3H3,(H,21,22)/t14-,16-. The normalized spacial score (nSPS) is 21.3. The molecule has 0 amide bonds. The lowest BCUT2D eigenvalue weighted by atomic mass is 9.82. The lowest BCUT2D eigenvalue weighted by Gasteiger charge is -2.29. The first-order valence-electron chi connectivity index (χ1n) is 8.41. The van der Waals surface area contributed by atoms with Gasteiger partial charge in [-0.1, -0.05) is 12.1 Å². The second-order valence-corrected chi connectivity index (χ2v) is 7.30. The molecule has 0 radical (unpaired) electrons. The van der Waals surface area contributed by atoms with E-state index in [-0.39, 0.29) is 18.7 Å². The van der Waals surface area contributed by atoms with Crippen molar-refractivity contribution in [3.05, 3.63) is 35.4 Å². The van der Waals surface area contributed by atoms with Crippen LogP contribution in [0.4, 0.5) is 0 Å². The van der Waals surface area contributed by atoms with Gasteiger partial charge < -0.3 is 14.6 Å². The van der Waals surface area contributed by atoms with E-state index in [0.717, 1.165) is 25.7 Å². The van der Waals surface area contributed by atoms with Crippen LogP contribution in [0.15, 0.2) is 24.3 Å². The van der Waals surface area contributed by atoms with Crippen molar-refractivity contribution in [3.8, 4) is 0 Å². The van der Waals surface area contributed by atoms with E-state index in [1.54, 1.807) is 12.1 Å². The van der Waals surface area contributed by atoms with Crippen molar-refractivity contribution in [2.75, 3.05) is 6.61 Å². The Morgan fingerprint density at radius 3 is 2.17 bits per heavy atom. The van der Waals surface area contributed by atoms with E-state index < -0.39 is 11.6 Å². The van der Waals surface area contributed by atoms with Crippen LogP contribution in [0.2, 0.25) is 0 Å². The summed E-state index contributed by atoms with van der Waals surface area (Å²) in [6.07, 6.45) is 3.84. The highest BCUT2D eigenvalue weighted by molar-refractivity contribution is 5.87. The van der Waals surface area contributed by atoms with Crippen LogP contribution in [0.1, 0.15) is 68.3 Å². The number of carbonyl (C=O) groups excluding carboxylic acids is 1. The van der Waals surface area contributed by atoms with Gasteiger partial charge in [-0.3, -0.25) is 0 Å². The number of hydrogen-bond donors (Lipinski definition) is 1. The molecule has 24 heavy (non-hydrogen) atoms. The monoisotopic (exact) mass is 334 g/mol. The van der Waals surface area contributed by atoms with Gasteiger partial charge in [0.2, 0.25) is 0 Å². The highest BCUT2D eigenvalue weighted by Gasteiger charge is 2.24. The number of aromatic carboxylic acids is 1. The molecule has 0 unspecified atom stereocenters. The molecule has 1 fully saturated rings. The minimum absolute atomic E-state index is 0.0000874. The third-order valence-electron chi connectivity index (χ3n) is 4.16. The molecule has 0 saturated heterocycles. The van der Waals surface area contributed by atoms with E-state index >= 15 is 0 Å². The summed E-state index contributed by atoms with van der Waals surface area (Å²) in [5.41, 5.74) is 0.999. The summed E-state index contributed by atoms with van der Waals surface area (Å²) in [4.78, 5) is 22.6. The maximum atomic E-state index is 11.7. The second kappa shape index (κ2) is 7.79. The molecule has 1 aromatic carbocycles. The molecule has 0 atom stereocenters. The summed E-state index contributed by atoms with van der Waals surface area (Å²) in [6, 6.07) is 7.11. The number of esters is 1. The molecule has 132 valence electrons. The lowest BCUT2D eigenvalue weighted by Crippen LogP contribution is -2.29. The van der Waals surface area contributed by atoms with Crippen LogP contribution in [0.25, 0.3) is 0 Å². The quantitative estimate of drug-likeness (QED) is 0.830. The third kappa shape index (κ3) is 5.64. The fourth-order valence-corrected chi connectivity index (χ4v) is 3.02. The van der Waals surface area contributed by atoms with Crippen LogP contribution in [0, 0.1) is 0 Å². The van der Waals surface area contributed by atoms with Gasteiger partial charge in [0.1, 0.15) is 12.2 Å². The highest BCUT2D eigenvalue weighted by atomic mass is 16.6. The van der Waals surface area contributed by atoms with Crippen molar-refractivity contribution in [2.24, 2.45) is 0 Å². The van der Waals surface area contributed by atoms with Gasteiger partial charge >= 0.3 is 11.9 Å². The predicted molar refractivity (Wildman–Crippen MR) is 90.2 cm³/mol. The van der Waals surface area contributed by atoms with Crippen LogP contribution < -0.4 is 0 Å². The summed E-state index contributed by atoms with van der Waals surface area (Å²) in [7, 11) is 0. The minimum Gasteiger partial charge on any atom is -0.478 e. The predicted octanol–water partition coefficient (Wildman–Crippen LogP) is 3.77. The smallest absolute Gasteiger partial charge is 0.335 e. The Morgan fingerprint density at radius 1 is 1.08 bits per heavy atom. The molecule has 1 aliphatic carbocycles. The molecule has 1 aromatic rings. The Hall–Kier alpha value is -1.88. The maximum Gasteiger partial charge on any atom is 0.335 e. The molecule has 5 nitrogen and oxygen atoms in total. The van der Waals surface area contributed by atoms with Crippen molar-refractivity contribution in [3.63, 3.8) is 0 Å². The number of rotatable bonds is 5. The van der Waals surface area contributed by atoms with Crippen LogP contribution in [-0.4, -0.2) is 35.4 Å². The van der Waals surface area contributed by atoms with E-state index in [1.165, 1.54) is 5.56 Å². The molecular formula is C19H26O5. The number of benzene rings is 1. The van der Waals surface area contributed by atoms with Crippen LogP contribution >= 0.6 is 0 Å². The van der Waals surface area contributed by atoms with Gasteiger partial charge in [-0.05, 0) is 70.1 Å². The molecule has 0 spiro atoms. The Kier molecular flexibility index (Phi) is 5.99. The summed E-state index contributed by atoms with van der Waals surface area (Å²) in [6.45, 7) is 5.52. The average molecular weight is 334 g/mol. The number of ether oxygens (including phenoxy) is 2. The highest BCUT2D eigenvalue weighted by Crippen LogP contribution is 2.34. The molecule has 0 aromatic heterocycles. The number of hydrogen-bond acceptors (Lipinski definition) is 4. The summed E-state index contributed by atoms with van der Waals surface area (Å²) in [5.74, 6) is -0.802. The molecule has 1 saturated carbocycles. The van der Waals surface area contributed by atoms with Crippen molar-refractivity contribution in [1.82, 2.24) is 0 Å². The first-order valence-corrected chi connectivity index (χ1v) is 8.41. The zero-order valence-electron chi connectivity index (χ0n) is 14.6. The summed E-state index contributed by atoms with van der Waals surface area (Å²) >= 11 is 0. The van der Waals surface area contributed by atoms with Crippen molar-refractivity contribution < 1.29 is 24.2 Å². The Morgan fingerprint density at radius 2 is 1.67 bits per heavy atom. The third-order valence-corrected chi connectivity index (χ3v) is 4.16. The van der Waals surface area contributed by atoms with Gasteiger partial charge in [-0.25, -0.2) is 9.59 Å². The van der Waals surface area contributed by atoms with Crippen LogP contribution in [-0.2, 0) is 14.3 Å². The summed E-state index contributed by atoms with van der Waals surface area (Å²) < 4.78 is 10.9. The fraction of sp³-hybridized carbons (Fsp3) is 0.579. The largest absolute Gasteiger partial charge is 0.478 e. The summed E-state index contributed by atoms with van der Waals surface area (Å²) in [5, 5.41) is 8.94. The van der Waals surface area contributed by atoms with E-state index in [0.29, 0.717) is 11.5 Å². The van der Waals surface area contributed by atoms with Gasteiger partial charge in [0.25, 0.3) is 0 Å². The van der Waals surface area contributed by atoms with Crippen molar-refractivity contribution in [2.45, 2.75) is 64.1 Å². The Bertz CT molecular complexity index is 562. The number of carboxylic acid groups (broad SMARTS) is 1. The van der Waals surface area contributed by atoms with Gasteiger partial charge in [0.15, 0.2) is 0 Å². The maximum absolute atomic E-state index is 11.7. The lowest BCUT2D eigenvalue weighted by molar-refractivity contribution is -0.162. The van der Waals surface area contributed by atoms with Crippen molar-refractivity contribution >= 4 is 11.9 Å². The average Bonchev–Trinajstić information content (AvgIpc) is 2.52. The van der Waals surface area contributed by atoms with E-state index in [2.05, 4.69) is 0 Å². The molecule has 0 aliphatic heterocycles. The molecule has 5 heteroatoms. The zero-order valence-corrected chi connectivity index (χ0v) is 14.6. The molecule has 1 aliphatic rings. The van der Waals surface area contributed by atoms with Gasteiger partial charge in [-0.15, -0.1) is 0 Å². The Labute approximate surface area is 143 Å². The number of carboxylic acids is 1. The second-order valence-electron chi connectivity index (χ2n) is 7.30. The molecule has 1 N–H and O–H groups in total. The van der Waals surface area contributed by atoms with Gasteiger partial charge in [0.05, 0.1) is 11.7 Å². The molecular weight excluding hydrogens is 308 g/mol. The fourth-order valence-electron chi connectivity index (χ4n) is 3.02. The zero-order chi connectivity index (χ0) is 17.7. The minimum atomic E-state index is -0.902. The van der Waals surface area contributed by atoms with E-state index in [1.807, 2.05) is 32.9 Å². The molecule has 0 heterocycles. The van der Waals surface area contributed by atoms with Crippen LogP contribution in [0.5, 0.6) is 0 Å². The first-order chi connectivity index (χ1) is 11.2. The number of carbonyl (C=O) groups is 2. The topological polar surface area (TPSA) is 72.8 Å². The van der Waals surface area contributed by atoms with E-state index in [9.17, 15) is 9.59 Å². The van der Waals surface area contributed by atoms with Crippen molar-refractivity contribution in [1.29, 1.82) is 0 Å². The van der Waals surface area contributed by atoms with Gasteiger partial charge in [0, 0.05) is 0 Å². The Balaban J connectivity index is 1.77. The van der Waals surface area contributed by atoms with E-state index in [4.69, 9.17) is 14.6 Å².